The molecule has 1 heterocycles. The number of hydrogen-bond acceptors (Lipinski definition) is 3. The van der Waals surface area contributed by atoms with Crippen LogP contribution in [-0.4, -0.2) is 28.0 Å². The lowest BCUT2D eigenvalue weighted by Gasteiger charge is -2.08. The standard InChI is InChI=1S/C11H9ClN2O3/c1-17-8-2-3-9(11(15)16)10(4-8)14-6-7(12)5-13-14/h2-6H,1H3,(H,15,16). The average molecular weight is 253 g/mol. The Balaban J connectivity index is 2.60. The smallest absolute Gasteiger partial charge is 0.337 e. The van der Waals surface area contributed by atoms with Crippen molar-refractivity contribution in [2.24, 2.45) is 0 Å². The summed E-state index contributed by atoms with van der Waals surface area (Å²) in [7, 11) is 1.51. The number of aromatic carboxylic acids is 1. The van der Waals surface area contributed by atoms with Gasteiger partial charge in [0.15, 0.2) is 0 Å². The zero-order valence-electron chi connectivity index (χ0n) is 8.92. The Labute approximate surface area is 102 Å². The van der Waals surface area contributed by atoms with E-state index >= 15 is 0 Å². The number of methoxy groups -OCH3 is 1. The fourth-order valence-electron chi connectivity index (χ4n) is 1.44. The molecule has 0 saturated carbocycles. The van der Waals surface area contributed by atoms with Gasteiger partial charge in [0.05, 0.1) is 29.6 Å². The molecule has 6 heteroatoms. The number of rotatable bonds is 3. The minimum Gasteiger partial charge on any atom is -0.497 e. The molecule has 0 aliphatic heterocycles. The number of nitrogens with zero attached hydrogens (tertiary/aromatic N) is 2. The summed E-state index contributed by atoms with van der Waals surface area (Å²) in [6.07, 6.45) is 2.97. The van der Waals surface area contributed by atoms with E-state index in [1.165, 1.54) is 30.3 Å². The van der Waals surface area contributed by atoms with E-state index in [1.54, 1.807) is 12.1 Å². The number of carbonyl (C=O) groups is 1. The molecule has 0 radical (unpaired) electrons. The zero-order chi connectivity index (χ0) is 12.4. The van der Waals surface area contributed by atoms with E-state index in [0.29, 0.717) is 16.5 Å². The van der Waals surface area contributed by atoms with Gasteiger partial charge in [0.25, 0.3) is 0 Å². The van der Waals surface area contributed by atoms with E-state index in [2.05, 4.69) is 5.10 Å². The predicted octanol–water partition coefficient (Wildman–Crippen LogP) is 2.23. The maximum absolute atomic E-state index is 11.1. The highest BCUT2D eigenvalue weighted by molar-refractivity contribution is 6.30. The van der Waals surface area contributed by atoms with Crippen LogP contribution < -0.4 is 4.74 Å². The Kier molecular flexibility index (Phi) is 3.01. The summed E-state index contributed by atoms with van der Waals surface area (Å²) < 4.78 is 6.45. The average Bonchev–Trinajstić information content (AvgIpc) is 2.75. The molecule has 0 bridgehead atoms. The van der Waals surface area contributed by atoms with Crippen molar-refractivity contribution in [2.75, 3.05) is 7.11 Å². The number of aromatic nitrogens is 2. The first-order chi connectivity index (χ1) is 8.11. The summed E-state index contributed by atoms with van der Waals surface area (Å²) in [5, 5.41) is 13.5. The van der Waals surface area contributed by atoms with E-state index in [-0.39, 0.29) is 5.56 Å². The van der Waals surface area contributed by atoms with Crippen molar-refractivity contribution in [2.45, 2.75) is 0 Å². The van der Waals surface area contributed by atoms with Crippen molar-refractivity contribution in [3.05, 3.63) is 41.2 Å². The van der Waals surface area contributed by atoms with E-state index < -0.39 is 5.97 Å². The van der Waals surface area contributed by atoms with E-state index in [1.807, 2.05) is 0 Å². The van der Waals surface area contributed by atoms with Gasteiger partial charge in [-0.15, -0.1) is 0 Å². The van der Waals surface area contributed by atoms with Crippen LogP contribution in [0, 0.1) is 0 Å². The number of ether oxygens (including phenoxy) is 1. The molecule has 1 N–H and O–H groups in total. The van der Waals surface area contributed by atoms with Crippen molar-refractivity contribution in [1.29, 1.82) is 0 Å². The summed E-state index contributed by atoms with van der Waals surface area (Å²) in [5.41, 5.74) is 0.536. The number of halogens is 1. The molecule has 0 fully saturated rings. The van der Waals surface area contributed by atoms with Gasteiger partial charge < -0.3 is 9.84 Å². The molecule has 88 valence electrons. The van der Waals surface area contributed by atoms with Crippen LogP contribution in [0.5, 0.6) is 5.75 Å². The minimum atomic E-state index is -1.03. The normalized spacial score (nSPS) is 10.2. The van der Waals surface area contributed by atoms with Gasteiger partial charge in [-0.2, -0.15) is 5.10 Å². The Morgan fingerprint density at radius 3 is 2.82 bits per heavy atom. The number of hydrogen-bond donors (Lipinski definition) is 1. The molecule has 0 atom stereocenters. The molecule has 0 aliphatic carbocycles. The molecular weight excluding hydrogens is 244 g/mol. The monoisotopic (exact) mass is 252 g/mol. The fraction of sp³-hybridized carbons (Fsp3) is 0.0909. The van der Waals surface area contributed by atoms with Gasteiger partial charge in [0.1, 0.15) is 5.75 Å². The SMILES string of the molecule is COc1ccc(C(=O)O)c(-n2cc(Cl)cn2)c1. The molecule has 2 aromatic rings. The molecule has 5 nitrogen and oxygen atoms in total. The molecule has 0 unspecified atom stereocenters. The van der Waals surface area contributed by atoms with Crippen molar-refractivity contribution < 1.29 is 14.6 Å². The lowest BCUT2D eigenvalue weighted by atomic mass is 10.1. The van der Waals surface area contributed by atoms with E-state index in [9.17, 15) is 4.79 Å². The topological polar surface area (TPSA) is 64.3 Å². The largest absolute Gasteiger partial charge is 0.497 e. The van der Waals surface area contributed by atoms with Crippen molar-refractivity contribution >= 4 is 17.6 Å². The second kappa shape index (κ2) is 4.47. The highest BCUT2D eigenvalue weighted by Gasteiger charge is 2.13. The third-order valence-corrected chi connectivity index (χ3v) is 2.43. The van der Waals surface area contributed by atoms with E-state index in [0.717, 1.165) is 0 Å². The second-order valence-electron chi connectivity index (χ2n) is 3.29. The maximum Gasteiger partial charge on any atom is 0.337 e. The summed E-state index contributed by atoms with van der Waals surface area (Å²) >= 11 is 5.75. The number of carboxylic acids is 1. The Bertz CT molecular complexity index is 566. The van der Waals surface area contributed by atoms with Crippen LogP contribution in [0.1, 0.15) is 10.4 Å². The first kappa shape index (κ1) is 11.5. The lowest BCUT2D eigenvalue weighted by Crippen LogP contribution is -2.06. The Morgan fingerprint density at radius 1 is 1.53 bits per heavy atom. The maximum atomic E-state index is 11.1. The van der Waals surface area contributed by atoms with Crippen LogP contribution in [0.3, 0.4) is 0 Å². The van der Waals surface area contributed by atoms with Crippen LogP contribution in [-0.2, 0) is 0 Å². The van der Waals surface area contributed by atoms with Gasteiger partial charge in [0.2, 0.25) is 0 Å². The summed E-state index contributed by atoms with van der Waals surface area (Å²) in [6, 6.07) is 4.64. The first-order valence-electron chi connectivity index (χ1n) is 4.73. The van der Waals surface area contributed by atoms with Crippen LogP contribution in [0.25, 0.3) is 5.69 Å². The molecule has 2 rings (SSSR count). The third-order valence-electron chi connectivity index (χ3n) is 2.23. The van der Waals surface area contributed by atoms with Crippen LogP contribution >= 0.6 is 11.6 Å². The van der Waals surface area contributed by atoms with Crippen LogP contribution in [0.2, 0.25) is 5.02 Å². The highest BCUT2D eigenvalue weighted by Crippen LogP contribution is 2.22. The van der Waals surface area contributed by atoms with Gasteiger partial charge in [-0.25, -0.2) is 9.48 Å². The van der Waals surface area contributed by atoms with Gasteiger partial charge in [0, 0.05) is 12.3 Å². The van der Waals surface area contributed by atoms with Gasteiger partial charge in [-0.05, 0) is 12.1 Å². The van der Waals surface area contributed by atoms with Gasteiger partial charge >= 0.3 is 5.97 Å². The van der Waals surface area contributed by atoms with Crippen LogP contribution in [0.4, 0.5) is 0 Å². The van der Waals surface area contributed by atoms with Crippen molar-refractivity contribution in [1.82, 2.24) is 9.78 Å². The van der Waals surface area contributed by atoms with Gasteiger partial charge in [-0.3, -0.25) is 0 Å². The Hall–Kier alpha value is -2.01. The second-order valence-corrected chi connectivity index (χ2v) is 3.73. The third kappa shape index (κ3) is 2.24. The van der Waals surface area contributed by atoms with Crippen molar-refractivity contribution in [3.63, 3.8) is 0 Å². The molecule has 17 heavy (non-hydrogen) atoms. The highest BCUT2D eigenvalue weighted by atomic mass is 35.5. The number of benzene rings is 1. The molecule has 0 spiro atoms. The zero-order valence-corrected chi connectivity index (χ0v) is 9.68. The summed E-state index contributed by atoms with van der Waals surface area (Å²) in [4.78, 5) is 11.1. The first-order valence-corrected chi connectivity index (χ1v) is 5.11. The molecule has 1 aromatic carbocycles. The molecular formula is C11H9ClN2O3. The van der Waals surface area contributed by atoms with Crippen molar-refractivity contribution in [3.8, 4) is 11.4 Å². The van der Waals surface area contributed by atoms with E-state index in [4.69, 9.17) is 21.4 Å². The molecule has 1 aromatic heterocycles. The number of carboxylic acid groups (broad SMARTS) is 1. The van der Waals surface area contributed by atoms with Crippen LogP contribution in [0.15, 0.2) is 30.6 Å². The lowest BCUT2D eigenvalue weighted by molar-refractivity contribution is 0.0696. The predicted molar refractivity (Wildman–Crippen MR) is 62.1 cm³/mol. The summed E-state index contributed by atoms with van der Waals surface area (Å²) in [5.74, 6) is -0.481. The summed E-state index contributed by atoms with van der Waals surface area (Å²) in [6.45, 7) is 0. The molecule has 0 saturated heterocycles. The minimum absolute atomic E-state index is 0.130. The quantitative estimate of drug-likeness (QED) is 0.910. The Morgan fingerprint density at radius 2 is 2.29 bits per heavy atom. The molecule has 0 aliphatic rings. The fourth-order valence-corrected chi connectivity index (χ4v) is 1.58. The molecule has 0 amide bonds. The van der Waals surface area contributed by atoms with Gasteiger partial charge in [-0.1, -0.05) is 11.6 Å².